The van der Waals surface area contributed by atoms with Gasteiger partial charge >= 0.3 is 0 Å². The normalized spacial score (nSPS) is 13.5. The van der Waals surface area contributed by atoms with E-state index in [0.717, 1.165) is 25.9 Å². The molecule has 30 heavy (non-hydrogen) atoms. The van der Waals surface area contributed by atoms with Crippen molar-refractivity contribution < 1.29 is 18.4 Å². The van der Waals surface area contributed by atoms with E-state index in [1.807, 2.05) is 6.07 Å². The molecule has 0 bridgehead atoms. The van der Waals surface area contributed by atoms with E-state index in [0.29, 0.717) is 27.8 Å². The second-order valence-corrected chi connectivity index (χ2v) is 7.90. The number of nitrogens with zero attached hydrogens (tertiary/aromatic N) is 2. The van der Waals surface area contributed by atoms with Gasteiger partial charge in [-0.1, -0.05) is 6.07 Å². The lowest BCUT2D eigenvalue weighted by Gasteiger charge is -2.21. The van der Waals surface area contributed by atoms with Gasteiger partial charge in [-0.15, -0.1) is 11.3 Å². The number of rotatable bonds is 6. The van der Waals surface area contributed by atoms with Crippen molar-refractivity contribution in [3.05, 3.63) is 58.7 Å². The van der Waals surface area contributed by atoms with Crippen molar-refractivity contribution in [2.75, 3.05) is 28.6 Å². The second-order valence-electron chi connectivity index (χ2n) is 7.04. The summed E-state index contributed by atoms with van der Waals surface area (Å²) >= 11 is 1.22. The number of benzene rings is 1. The number of aromatic nitrogens is 1. The zero-order valence-electron chi connectivity index (χ0n) is 16.4. The molecule has 0 spiro atoms. The first-order valence-electron chi connectivity index (χ1n) is 9.64. The summed E-state index contributed by atoms with van der Waals surface area (Å²) in [6.07, 6.45) is 3.52. The SMILES string of the molecule is Cc1occc1C(=O)Nc1nc(CC(=O)Nc2c(F)cccc2N2CCCC2)cs1. The standard InChI is InChI=1S/C21H21FN4O3S/c1-13-15(7-10-29-13)20(28)25-21-23-14(12-30-21)11-18(27)24-19-16(22)5-4-6-17(19)26-8-2-3-9-26/h4-7,10,12H,2-3,8-9,11H2,1H3,(H,24,27)(H,23,25,28). The molecule has 0 aliphatic carbocycles. The van der Waals surface area contributed by atoms with Gasteiger partial charge < -0.3 is 14.6 Å². The first-order valence-corrected chi connectivity index (χ1v) is 10.5. The molecule has 1 aromatic carbocycles. The van der Waals surface area contributed by atoms with Gasteiger partial charge in [-0.3, -0.25) is 14.9 Å². The number of hydrogen-bond donors (Lipinski definition) is 2. The lowest BCUT2D eigenvalue weighted by Crippen LogP contribution is -2.22. The Morgan fingerprint density at radius 1 is 1.23 bits per heavy atom. The molecule has 1 saturated heterocycles. The topological polar surface area (TPSA) is 87.5 Å². The molecule has 1 aliphatic heterocycles. The minimum atomic E-state index is -0.463. The number of carbonyl (C=O) groups is 2. The van der Waals surface area contributed by atoms with Crippen molar-refractivity contribution in [2.24, 2.45) is 0 Å². The van der Waals surface area contributed by atoms with Crippen LogP contribution in [0.3, 0.4) is 0 Å². The van der Waals surface area contributed by atoms with Gasteiger partial charge in [0.25, 0.3) is 5.91 Å². The van der Waals surface area contributed by atoms with Crippen LogP contribution in [0.2, 0.25) is 0 Å². The lowest BCUT2D eigenvalue weighted by molar-refractivity contribution is -0.115. The van der Waals surface area contributed by atoms with Gasteiger partial charge in [0, 0.05) is 18.5 Å². The zero-order valence-corrected chi connectivity index (χ0v) is 17.2. The monoisotopic (exact) mass is 428 g/mol. The fourth-order valence-electron chi connectivity index (χ4n) is 3.44. The molecule has 7 nitrogen and oxygen atoms in total. The maximum Gasteiger partial charge on any atom is 0.260 e. The van der Waals surface area contributed by atoms with E-state index < -0.39 is 5.82 Å². The summed E-state index contributed by atoms with van der Waals surface area (Å²) in [6, 6.07) is 6.39. The summed E-state index contributed by atoms with van der Waals surface area (Å²) < 4.78 is 19.5. The minimum absolute atomic E-state index is 0.0229. The lowest BCUT2D eigenvalue weighted by atomic mass is 10.2. The number of nitrogens with one attached hydrogen (secondary N) is 2. The third kappa shape index (κ3) is 4.35. The van der Waals surface area contributed by atoms with Crippen molar-refractivity contribution in [3.63, 3.8) is 0 Å². The summed E-state index contributed by atoms with van der Waals surface area (Å²) in [5.74, 6) is -0.639. The molecule has 3 aromatic rings. The van der Waals surface area contributed by atoms with Crippen LogP contribution < -0.4 is 15.5 Å². The molecule has 2 N–H and O–H groups in total. The maximum atomic E-state index is 14.4. The Balaban J connectivity index is 1.41. The van der Waals surface area contributed by atoms with Gasteiger partial charge in [0.15, 0.2) is 5.13 Å². The van der Waals surface area contributed by atoms with Crippen molar-refractivity contribution >= 4 is 39.7 Å². The molecule has 1 aliphatic rings. The van der Waals surface area contributed by atoms with Crippen molar-refractivity contribution in [1.82, 2.24) is 4.98 Å². The van der Waals surface area contributed by atoms with Crippen LogP contribution in [0.25, 0.3) is 0 Å². The molecule has 9 heteroatoms. The van der Waals surface area contributed by atoms with Crippen molar-refractivity contribution in [2.45, 2.75) is 26.2 Å². The fraction of sp³-hybridized carbons (Fsp3) is 0.286. The van der Waals surface area contributed by atoms with Crippen LogP contribution in [0.5, 0.6) is 0 Å². The van der Waals surface area contributed by atoms with Crippen molar-refractivity contribution in [3.8, 4) is 0 Å². The summed E-state index contributed by atoms with van der Waals surface area (Å²) in [7, 11) is 0. The van der Waals surface area contributed by atoms with Gasteiger partial charge in [-0.25, -0.2) is 9.37 Å². The number of para-hydroxylation sites is 1. The van der Waals surface area contributed by atoms with Gasteiger partial charge in [-0.2, -0.15) is 0 Å². The predicted molar refractivity (Wildman–Crippen MR) is 114 cm³/mol. The Bertz CT molecular complexity index is 1070. The summed E-state index contributed by atoms with van der Waals surface area (Å²) in [5.41, 5.74) is 1.82. The number of amides is 2. The van der Waals surface area contributed by atoms with Crippen LogP contribution >= 0.6 is 11.3 Å². The van der Waals surface area contributed by atoms with Crippen LogP contribution in [0, 0.1) is 12.7 Å². The second kappa shape index (κ2) is 8.66. The number of anilines is 3. The highest BCUT2D eigenvalue weighted by molar-refractivity contribution is 7.14. The first-order chi connectivity index (χ1) is 14.5. The Hall–Kier alpha value is -3.20. The smallest absolute Gasteiger partial charge is 0.260 e. The highest BCUT2D eigenvalue weighted by Gasteiger charge is 2.20. The fourth-order valence-corrected chi connectivity index (χ4v) is 4.14. The quantitative estimate of drug-likeness (QED) is 0.614. The number of furan rings is 1. The Morgan fingerprint density at radius 2 is 2.03 bits per heavy atom. The van der Waals surface area contributed by atoms with Crippen LogP contribution in [0.4, 0.5) is 20.9 Å². The van der Waals surface area contributed by atoms with E-state index >= 15 is 0 Å². The van der Waals surface area contributed by atoms with Gasteiger partial charge in [0.2, 0.25) is 5.91 Å². The average molecular weight is 428 g/mol. The molecule has 4 rings (SSSR count). The van der Waals surface area contributed by atoms with E-state index in [2.05, 4.69) is 20.5 Å². The number of halogens is 1. The molecule has 0 radical (unpaired) electrons. The van der Waals surface area contributed by atoms with Gasteiger partial charge in [0.05, 0.1) is 29.6 Å². The van der Waals surface area contributed by atoms with E-state index in [9.17, 15) is 14.0 Å². The van der Waals surface area contributed by atoms with E-state index in [-0.39, 0.29) is 23.9 Å². The van der Waals surface area contributed by atoms with Gasteiger partial charge in [0.1, 0.15) is 17.3 Å². The van der Waals surface area contributed by atoms with E-state index in [1.165, 1.54) is 23.7 Å². The van der Waals surface area contributed by atoms with Crippen LogP contribution in [0.15, 0.2) is 40.3 Å². The van der Waals surface area contributed by atoms with Crippen LogP contribution in [-0.4, -0.2) is 29.9 Å². The number of hydrogen-bond acceptors (Lipinski definition) is 6. The Morgan fingerprint density at radius 3 is 2.77 bits per heavy atom. The zero-order chi connectivity index (χ0) is 21.1. The molecule has 1 fully saturated rings. The number of carbonyl (C=O) groups excluding carboxylic acids is 2. The highest BCUT2D eigenvalue weighted by atomic mass is 32.1. The van der Waals surface area contributed by atoms with Crippen LogP contribution in [0.1, 0.15) is 34.7 Å². The molecule has 2 amide bonds. The molecule has 3 heterocycles. The third-order valence-corrected chi connectivity index (χ3v) is 5.73. The summed E-state index contributed by atoms with van der Waals surface area (Å²) in [4.78, 5) is 31.1. The maximum absolute atomic E-state index is 14.4. The third-order valence-electron chi connectivity index (χ3n) is 4.92. The van der Waals surface area contributed by atoms with E-state index in [4.69, 9.17) is 4.42 Å². The van der Waals surface area contributed by atoms with Crippen molar-refractivity contribution in [1.29, 1.82) is 0 Å². The minimum Gasteiger partial charge on any atom is -0.469 e. The first kappa shape index (κ1) is 20.1. The largest absolute Gasteiger partial charge is 0.469 e. The predicted octanol–water partition coefficient (Wildman–Crippen LogP) is 4.22. The Labute approximate surface area is 176 Å². The summed E-state index contributed by atoms with van der Waals surface area (Å²) in [5, 5.41) is 7.46. The Kier molecular flexibility index (Phi) is 5.80. The summed E-state index contributed by atoms with van der Waals surface area (Å²) in [6.45, 7) is 3.39. The number of aryl methyl sites for hydroxylation is 1. The molecule has 0 saturated carbocycles. The molecular weight excluding hydrogens is 407 g/mol. The van der Waals surface area contributed by atoms with Crippen LogP contribution in [-0.2, 0) is 11.2 Å². The molecular formula is C21H21FN4O3S. The van der Waals surface area contributed by atoms with Gasteiger partial charge in [-0.05, 0) is 38.0 Å². The number of thiazole rings is 1. The van der Waals surface area contributed by atoms with E-state index in [1.54, 1.807) is 24.4 Å². The molecule has 0 atom stereocenters. The highest BCUT2D eigenvalue weighted by Crippen LogP contribution is 2.31. The average Bonchev–Trinajstić information content (AvgIpc) is 3.46. The molecule has 2 aromatic heterocycles. The molecule has 156 valence electrons. The molecule has 0 unspecified atom stereocenters.